The summed E-state index contributed by atoms with van der Waals surface area (Å²) in [5, 5.41) is 0. The van der Waals surface area contributed by atoms with Crippen LogP contribution in [0.25, 0.3) is 0 Å². The van der Waals surface area contributed by atoms with Gasteiger partial charge in [-0.25, -0.2) is 8.78 Å². The van der Waals surface area contributed by atoms with Crippen molar-refractivity contribution < 1.29 is 18.3 Å². The van der Waals surface area contributed by atoms with Gasteiger partial charge in [-0.2, -0.15) is 0 Å². The predicted molar refractivity (Wildman–Crippen MR) is 164 cm³/mol. The smallest absolute Gasteiger partial charge is 0.221 e. The molecule has 2 atom stereocenters. The van der Waals surface area contributed by atoms with E-state index in [0.717, 1.165) is 24.0 Å². The summed E-state index contributed by atoms with van der Waals surface area (Å²) in [5.74, 6) is -0.374. The van der Waals surface area contributed by atoms with Gasteiger partial charge >= 0.3 is 0 Å². The first-order chi connectivity index (χ1) is 20.4. The Kier molecular flexibility index (Phi) is 9.83. The molecule has 0 radical (unpaired) electrons. The molecule has 0 spiro atoms. The summed E-state index contributed by atoms with van der Waals surface area (Å²) in [4.78, 5) is 16.4. The molecule has 42 heavy (non-hydrogen) atoms. The highest BCUT2D eigenvalue weighted by Crippen LogP contribution is 2.45. The highest BCUT2D eigenvalue weighted by Gasteiger charge is 2.38. The molecule has 2 unspecified atom stereocenters. The molecule has 2 aliphatic rings. The fourth-order valence-corrected chi connectivity index (χ4v) is 6.76. The van der Waals surface area contributed by atoms with Crippen molar-refractivity contribution in [3.8, 4) is 5.75 Å². The van der Waals surface area contributed by atoms with Crippen LogP contribution < -0.4 is 10.5 Å². The third-order valence-electron chi connectivity index (χ3n) is 8.84. The van der Waals surface area contributed by atoms with Gasteiger partial charge in [0.05, 0.1) is 18.6 Å². The molecule has 6 heteroatoms. The van der Waals surface area contributed by atoms with E-state index in [2.05, 4.69) is 36.4 Å². The molecule has 1 aliphatic carbocycles. The van der Waals surface area contributed by atoms with Crippen LogP contribution in [0.2, 0.25) is 0 Å². The lowest BCUT2D eigenvalue weighted by Crippen LogP contribution is -2.32. The van der Waals surface area contributed by atoms with Crippen LogP contribution in [-0.4, -0.2) is 24.3 Å². The van der Waals surface area contributed by atoms with Crippen molar-refractivity contribution in [1.82, 2.24) is 0 Å². The maximum atomic E-state index is 14.3. The Bertz CT molecular complexity index is 1410. The second-order valence-electron chi connectivity index (χ2n) is 11.8. The van der Waals surface area contributed by atoms with Crippen LogP contribution >= 0.6 is 0 Å². The van der Waals surface area contributed by atoms with E-state index in [1.165, 1.54) is 55.4 Å². The van der Waals surface area contributed by atoms with E-state index in [1.807, 2.05) is 30.5 Å². The number of carbonyl (C=O) groups is 1. The van der Waals surface area contributed by atoms with Crippen molar-refractivity contribution in [1.29, 1.82) is 0 Å². The second-order valence-corrected chi connectivity index (χ2v) is 11.8. The minimum Gasteiger partial charge on any atom is -0.494 e. The number of hydrogen-bond donors (Lipinski definition) is 1. The molecule has 3 aromatic rings. The van der Waals surface area contributed by atoms with Crippen LogP contribution in [0.3, 0.4) is 0 Å². The van der Waals surface area contributed by atoms with Gasteiger partial charge in [0.15, 0.2) is 11.6 Å². The monoisotopic (exact) mass is 570 g/mol. The van der Waals surface area contributed by atoms with E-state index in [0.29, 0.717) is 37.0 Å². The zero-order chi connectivity index (χ0) is 29.4. The molecule has 220 valence electrons. The molecule has 1 amide bonds. The molecule has 1 saturated carbocycles. The lowest BCUT2D eigenvalue weighted by molar-refractivity contribution is -0.117. The van der Waals surface area contributed by atoms with Crippen LogP contribution in [0.5, 0.6) is 5.75 Å². The van der Waals surface area contributed by atoms with E-state index in [4.69, 9.17) is 15.5 Å². The number of allylic oxidation sites excluding steroid dienone is 1. The Morgan fingerprint density at radius 1 is 0.952 bits per heavy atom. The van der Waals surface area contributed by atoms with E-state index >= 15 is 0 Å². The Morgan fingerprint density at radius 2 is 1.76 bits per heavy atom. The molecule has 2 N–H and O–H groups in total. The Labute approximate surface area is 247 Å². The second kappa shape index (κ2) is 13.9. The van der Waals surface area contributed by atoms with Gasteiger partial charge in [-0.3, -0.25) is 9.79 Å². The molecule has 4 nitrogen and oxygen atoms in total. The molecule has 1 fully saturated rings. The minimum absolute atomic E-state index is 0.168. The molecule has 1 heterocycles. The molecule has 3 aromatic carbocycles. The van der Waals surface area contributed by atoms with Crippen LogP contribution in [0.4, 0.5) is 8.78 Å². The van der Waals surface area contributed by atoms with E-state index < -0.39 is 17.2 Å². The molecular weight excluding hydrogens is 530 g/mol. The van der Waals surface area contributed by atoms with Crippen molar-refractivity contribution in [2.24, 2.45) is 16.6 Å². The number of nitrogens with two attached hydrogens (primary N) is 1. The highest BCUT2D eigenvalue weighted by atomic mass is 19.2. The molecule has 0 saturated heterocycles. The number of primary amides is 1. The Morgan fingerprint density at radius 3 is 2.52 bits per heavy atom. The SMILES string of the molecule is NC(=O)Cc1cccc(OCCCC2(Cc3ccc(F)c(F)c3)N=CC=C2CC(c2ccccc2)C2CCCCC2)c1. The number of nitrogens with zero attached hydrogens (tertiary/aromatic N) is 1. The van der Waals surface area contributed by atoms with Crippen LogP contribution in [0.15, 0.2) is 89.4 Å². The summed E-state index contributed by atoms with van der Waals surface area (Å²) in [6.07, 6.45) is 13.3. The Balaban J connectivity index is 1.36. The first kappa shape index (κ1) is 29.7. The van der Waals surface area contributed by atoms with E-state index in [-0.39, 0.29) is 12.3 Å². The number of halogens is 2. The third-order valence-corrected chi connectivity index (χ3v) is 8.84. The van der Waals surface area contributed by atoms with Gasteiger partial charge in [0, 0.05) is 12.6 Å². The van der Waals surface area contributed by atoms with Crippen LogP contribution in [-0.2, 0) is 17.6 Å². The summed E-state index contributed by atoms with van der Waals surface area (Å²) in [7, 11) is 0. The van der Waals surface area contributed by atoms with Crippen molar-refractivity contribution in [3.63, 3.8) is 0 Å². The summed E-state index contributed by atoms with van der Waals surface area (Å²) in [5.41, 5.74) is 8.95. The zero-order valence-corrected chi connectivity index (χ0v) is 24.1. The fourth-order valence-electron chi connectivity index (χ4n) is 6.76. The van der Waals surface area contributed by atoms with Crippen LogP contribution in [0, 0.1) is 17.6 Å². The number of aliphatic imine (C=N–C) groups is 1. The topological polar surface area (TPSA) is 64.7 Å². The number of carbonyl (C=O) groups excluding carboxylic acids is 1. The normalized spacial score (nSPS) is 19.4. The van der Waals surface area contributed by atoms with Gasteiger partial charge < -0.3 is 10.5 Å². The Hall–Kier alpha value is -3.80. The van der Waals surface area contributed by atoms with Crippen molar-refractivity contribution >= 4 is 12.1 Å². The maximum Gasteiger partial charge on any atom is 0.221 e. The molecule has 0 bridgehead atoms. The van der Waals surface area contributed by atoms with Gasteiger partial charge in [-0.1, -0.05) is 67.8 Å². The van der Waals surface area contributed by atoms with Gasteiger partial charge in [-0.15, -0.1) is 0 Å². The van der Waals surface area contributed by atoms with E-state index in [1.54, 1.807) is 6.07 Å². The number of rotatable bonds is 13. The average molecular weight is 571 g/mol. The first-order valence-electron chi connectivity index (χ1n) is 15.2. The summed E-state index contributed by atoms with van der Waals surface area (Å²) in [6, 6.07) is 22.4. The van der Waals surface area contributed by atoms with Crippen LogP contribution in [0.1, 0.15) is 74.0 Å². The molecular formula is C36H40F2N2O2. The quantitative estimate of drug-likeness (QED) is 0.212. The van der Waals surface area contributed by atoms with E-state index in [9.17, 15) is 13.6 Å². The van der Waals surface area contributed by atoms with Gasteiger partial charge in [0.2, 0.25) is 5.91 Å². The summed E-state index contributed by atoms with van der Waals surface area (Å²) >= 11 is 0. The molecule has 5 rings (SSSR count). The summed E-state index contributed by atoms with van der Waals surface area (Å²) < 4.78 is 34.1. The molecule has 0 aromatic heterocycles. The van der Waals surface area contributed by atoms with Crippen molar-refractivity contribution in [3.05, 3.63) is 113 Å². The predicted octanol–water partition coefficient (Wildman–Crippen LogP) is 7.90. The number of hydrogen-bond acceptors (Lipinski definition) is 3. The number of amides is 1. The standard InChI is InChI=1S/C36H40F2N2O2/c37-33-16-15-27(22-34(33)38)25-36(18-8-20-42-31-14-7-9-26(21-31)23-35(39)41)30(17-19-40-36)24-32(28-10-3-1-4-11-28)29-12-5-2-6-13-29/h1,3-4,7,9-11,14-17,19,21-22,29,32H,2,5-6,8,12-13,18,20,23-25H2,(H2,39,41). The minimum atomic E-state index is -0.841. The van der Waals surface area contributed by atoms with Gasteiger partial charge in [0.1, 0.15) is 5.75 Å². The van der Waals surface area contributed by atoms with Gasteiger partial charge in [0.25, 0.3) is 0 Å². The van der Waals surface area contributed by atoms with Gasteiger partial charge in [-0.05, 0) is 96.5 Å². The van der Waals surface area contributed by atoms with Crippen molar-refractivity contribution in [2.75, 3.05) is 6.61 Å². The number of ether oxygens (including phenoxy) is 1. The lowest BCUT2D eigenvalue weighted by Gasteiger charge is -2.36. The largest absolute Gasteiger partial charge is 0.494 e. The third kappa shape index (κ3) is 7.53. The maximum absolute atomic E-state index is 14.3. The highest BCUT2D eigenvalue weighted by molar-refractivity contribution is 5.78. The first-order valence-corrected chi connectivity index (χ1v) is 15.2. The fraction of sp³-hybridized carbons (Fsp3) is 0.389. The zero-order valence-electron chi connectivity index (χ0n) is 24.1. The molecule has 1 aliphatic heterocycles. The van der Waals surface area contributed by atoms with Crippen molar-refractivity contribution in [2.45, 2.75) is 75.7 Å². The average Bonchev–Trinajstić information content (AvgIpc) is 3.38. The lowest BCUT2D eigenvalue weighted by atomic mass is 9.70. The number of benzene rings is 3. The summed E-state index contributed by atoms with van der Waals surface area (Å²) in [6.45, 7) is 0.465.